The van der Waals surface area contributed by atoms with E-state index in [2.05, 4.69) is 23.7 Å². The number of aromatic nitrogens is 1. The van der Waals surface area contributed by atoms with Crippen molar-refractivity contribution in [2.24, 2.45) is 11.8 Å². The van der Waals surface area contributed by atoms with Gasteiger partial charge in [-0.1, -0.05) is 13.8 Å². The molecule has 1 aromatic rings. The third-order valence-corrected chi connectivity index (χ3v) is 3.57. The first kappa shape index (κ1) is 13.5. The fraction of sp³-hybridized carbons (Fsp3) is 0.769. The summed E-state index contributed by atoms with van der Waals surface area (Å²) >= 11 is 0. The zero-order valence-electron chi connectivity index (χ0n) is 11.0. The van der Waals surface area contributed by atoms with Crippen LogP contribution in [0.4, 0.5) is 0 Å². The number of oxazole rings is 1. The molecule has 2 N–H and O–H groups in total. The minimum absolute atomic E-state index is 0.137. The SMILES string of the molecule is CC(C)c1nc(CN2C[C@@H](CO)[C@H](CO)C2)co1. The van der Waals surface area contributed by atoms with Gasteiger partial charge in [-0.2, -0.15) is 0 Å². The molecule has 1 saturated heterocycles. The van der Waals surface area contributed by atoms with E-state index in [1.54, 1.807) is 6.26 Å². The molecule has 0 aromatic carbocycles. The van der Waals surface area contributed by atoms with Gasteiger partial charge >= 0.3 is 0 Å². The summed E-state index contributed by atoms with van der Waals surface area (Å²) in [6.45, 7) is 6.72. The van der Waals surface area contributed by atoms with Crippen LogP contribution >= 0.6 is 0 Å². The lowest BCUT2D eigenvalue weighted by atomic mass is 9.98. The molecular weight excluding hydrogens is 232 g/mol. The minimum atomic E-state index is 0.137. The Morgan fingerprint density at radius 2 is 1.94 bits per heavy atom. The average Bonchev–Trinajstić information content (AvgIpc) is 2.95. The molecule has 2 atom stereocenters. The number of likely N-dealkylation sites (tertiary alicyclic amines) is 1. The quantitative estimate of drug-likeness (QED) is 0.814. The largest absolute Gasteiger partial charge is 0.448 e. The van der Waals surface area contributed by atoms with Crippen LogP contribution in [-0.4, -0.2) is 46.4 Å². The maximum Gasteiger partial charge on any atom is 0.196 e. The zero-order valence-corrected chi connectivity index (χ0v) is 11.0. The van der Waals surface area contributed by atoms with Crippen LogP contribution in [0.15, 0.2) is 10.7 Å². The minimum Gasteiger partial charge on any atom is -0.448 e. The van der Waals surface area contributed by atoms with Gasteiger partial charge in [-0.05, 0) is 0 Å². The molecule has 2 rings (SSSR count). The van der Waals surface area contributed by atoms with Crippen molar-refractivity contribution in [3.8, 4) is 0 Å². The Bertz CT molecular complexity index is 366. The highest BCUT2D eigenvalue weighted by molar-refractivity contribution is 5.00. The molecule has 0 bridgehead atoms. The highest BCUT2D eigenvalue weighted by atomic mass is 16.3. The molecule has 2 heterocycles. The van der Waals surface area contributed by atoms with Crippen molar-refractivity contribution in [2.45, 2.75) is 26.3 Å². The van der Waals surface area contributed by atoms with Crippen molar-refractivity contribution < 1.29 is 14.6 Å². The molecule has 1 aromatic heterocycles. The van der Waals surface area contributed by atoms with Crippen molar-refractivity contribution in [2.75, 3.05) is 26.3 Å². The molecule has 0 amide bonds. The summed E-state index contributed by atoms with van der Waals surface area (Å²) in [5.74, 6) is 1.41. The normalized spacial score (nSPS) is 25.2. The Balaban J connectivity index is 1.93. The zero-order chi connectivity index (χ0) is 13.1. The lowest BCUT2D eigenvalue weighted by molar-refractivity contribution is 0.152. The second kappa shape index (κ2) is 5.82. The summed E-state index contributed by atoms with van der Waals surface area (Å²) < 4.78 is 5.41. The highest BCUT2D eigenvalue weighted by Gasteiger charge is 2.31. The van der Waals surface area contributed by atoms with Gasteiger partial charge in [0, 0.05) is 50.6 Å². The van der Waals surface area contributed by atoms with Crippen LogP contribution in [0.2, 0.25) is 0 Å². The van der Waals surface area contributed by atoms with Gasteiger partial charge in [-0.25, -0.2) is 4.98 Å². The van der Waals surface area contributed by atoms with E-state index < -0.39 is 0 Å². The summed E-state index contributed by atoms with van der Waals surface area (Å²) in [6.07, 6.45) is 1.70. The van der Waals surface area contributed by atoms with Crippen LogP contribution < -0.4 is 0 Å². The van der Waals surface area contributed by atoms with Gasteiger partial charge in [0.25, 0.3) is 0 Å². The molecule has 0 saturated carbocycles. The molecular formula is C13H22N2O3. The molecule has 102 valence electrons. The highest BCUT2D eigenvalue weighted by Crippen LogP contribution is 2.24. The van der Waals surface area contributed by atoms with Crippen molar-refractivity contribution in [3.63, 3.8) is 0 Å². The number of hydrogen-bond donors (Lipinski definition) is 2. The number of rotatable bonds is 5. The second-order valence-electron chi connectivity index (χ2n) is 5.41. The van der Waals surface area contributed by atoms with Crippen LogP contribution in [0.3, 0.4) is 0 Å². The summed E-state index contributed by atoms with van der Waals surface area (Å²) in [6, 6.07) is 0. The van der Waals surface area contributed by atoms with Gasteiger partial charge in [0.2, 0.25) is 0 Å². The fourth-order valence-electron chi connectivity index (χ4n) is 2.47. The monoisotopic (exact) mass is 254 g/mol. The molecule has 0 unspecified atom stereocenters. The number of aliphatic hydroxyl groups excluding tert-OH is 2. The Kier molecular flexibility index (Phi) is 4.37. The molecule has 5 heteroatoms. The van der Waals surface area contributed by atoms with E-state index >= 15 is 0 Å². The summed E-state index contributed by atoms with van der Waals surface area (Å²) in [7, 11) is 0. The van der Waals surface area contributed by atoms with Gasteiger partial charge in [0.1, 0.15) is 6.26 Å². The molecule has 1 fully saturated rings. The van der Waals surface area contributed by atoms with Crippen LogP contribution in [0, 0.1) is 11.8 Å². The number of nitrogens with zero attached hydrogens (tertiary/aromatic N) is 2. The lowest BCUT2D eigenvalue weighted by Gasteiger charge is -2.12. The number of hydrogen-bond acceptors (Lipinski definition) is 5. The van der Waals surface area contributed by atoms with Crippen molar-refractivity contribution in [1.82, 2.24) is 9.88 Å². The first-order valence-electron chi connectivity index (χ1n) is 6.52. The van der Waals surface area contributed by atoms with Gasteiger partial charge in [0.15, 0.2) is 5.89 Å². The van der Waals surface area contributed by atoms with Crippen LogP contribution in [0.1, 0.15) is 31.4 Å². The lowest BCUT2D eigenvalue weighted by Crippen LogP contribution is -2.21. The fourth-order valence-corrected chi connectivity index (χ4v) is 2.47. The third-order valence-electron chi connectivity index (χ3n) is 3.57. The molecule has 18 heavy (non-hydrogen) atoms. The van der Waals surface area contributed by atoms with Crippen molar-refractivity contribution in [3.05, 3.63) is 17.8 Å². The van der Waals surface area contributed by atoms with E-state index in [0.717, 1.165) is 31.2 Å². The standard InChI is InChI=1S/C13H22N2O3/c1-9(2)13-14-12(8-18-13)5-15-3-10(6-16)11(4-15)7-17/h8-11,16-17H,3-7H2,1-2H3/t10-,11-/m0/s1. The van der Waals surface area contributed by atoms with E-state index in [1.165, 1.54) is 0 Å². The molecule has 0 radical (unpaired) electrons. The third kappa shape index (κ3) is 2.91. The van der Waals surface area contributed by atoms with Crippen LogP contribution in [-0.2, 0) is 6.54 Å². The summed E-state index contributed by atoms with van der Waals surface area (Å²) in [5, 5.41) is 18.5. The summed E-state index contributed by atoms with van der Waals surface area (Å²) in [4.78, 5) is 6.65. The predicted molar refractivity (Wildman–Crippen MR) is 67.0 cm³/mol. The number of aliphatic hydroxyl groups is 2. The van der Waals surface area contributed by atoms with Gasteiger partial charge in [0.05, 0.1) is 5.69 Å². The van der Waals surface area contributed by atoms with Crippen LogP contribution in [0.5, 0.6) is 0 Å². The van der Waals surface area contributed by atoms with E-state index in [-0.39, 0.29) is 25.0 Å². The Morgan fingerprint density at radius 3 is 2.39 bits per heavy atom. The smallest absolute Gasteiger partial charge is 0.196 e. The first-order valence-corrected chi connectivity index (χ1v) is 6.52. The Hall–Kier alpha value is -0.910. The molecule has 1 aliphatic rings. The van der Waals surface area contributed by atoms with Gasteiger partial charge in [-0.3, -0.25) is 4.90 Å². The molecule has 0 aliphatic carbocycles. The van der Waals surface area contributed by atoms with E-state index in [0.29, 0.717) is 5.92 Å². The molecule has 0 spiro atoms. The maximum absolute atomic E-state index is 9.26. The van der Waals surface area contributed by atoms with E-state index in [9.17, 15) is 10.2 Å². The Labute approximate surface area is 107 Å². The predicted octanol–water partition coefficient (Wildman–Crippen LogP) is 0.831. The topological polar surface area (TPSA) is 69.7 Å². The van der Waals surface area contributed by atoms with Gasteiger partial charge in [-0.15, -0.1) is 0 Å². The van der Waals surface area contributed by atoms with Crippen LogP contribution in [0.25, 0.3) is 0 Å². The Morgan fingerprint density at radius 1 is 1.33 bits per heavy atom. The second-order valence-corrected chi connectivity index (χ2v) is 5.41. The molecule has 5 nitrogen and oxygen atoms in total. The van der Waals surface area contributed by atoms with Gasteiger partial charge < -0.3 is 14.6 Å². The van der Waals surface area contributed by atoms with E-state index in [4.69, 9.17) is 4.42 Å². The van der Waals surface area contributed by atoms with Crippen molar-refractivity contribution in [1.29, 1.82) is 0 Å². The first-order chi connectivity index (χ1) is 8.63. The van der Waals surface area contributed by atoms with Crippen molar-refractivity contribution >= 4 is 0 Å². The average molecular weight is 254 g/mol. The maximum atomic E-state index is 9.26. The molecule has 1 aliphatic heterocycles. The van der Waals surface area contributed by atoms with E-state index in [1.807, 2.05) is 0 Å². The summed E-state index contributed by atoms with van der Waals surface area (Å²) in [5.41, 5.74) is 0.925.